The molecule has 1 unspecified atom stereocenters. The van der Waals surface area contributed by atoms with Crippen LogP contribution >= 0.6 is 0 Å². The largest absolute Gasteiger partial charge is 0.481 e. The van der Waals surface area contributed by atoms with E-state index < -0.39 is 30.0 Å². The van der Waals surface area contributed by atoms with Crippen molar-refractivity contribution in [3.8, 4) is 6.07 Å². The van der Waals surface area contributed by atoms with Gasteiger partial charge in [0.2, 0.25) is 0 Å². The summed E-state index contributed by atoms with van der Waals surface area (Å²) >= 11 is 0. The fourth-order valence-electron chi connectivity index (χ4n) is 1.32. The van der Waals surface area contributed by atoms with Crippen molar-refractivity contribution in [1.82, 2.24) is 0 Å². The van der Waals surface area contributed by atoms with Gasteiger partial charge in [-0.05, 0) is 17.7 Å². The second kappa shape index (κ2) is 4.87. The molecule has 1 atom stereocenters. The molecule has 0 fully saturated rings. The van der Waals surface area contributed by atoms with Crippen LogP contribution in [0.2, 0.25) is 0 Å². The first-order chi connectivity index (χ1) is 7.84. The lowest BCUT2D eigenvalue weighted by molar-refractivity contribution is -0.138. The van der Waals surface area contributed by atoms with Gasteiger partial charge >= 0.3 is 12.1 Å². The van der Waals surface area contributed by atoms with Gasteiger partial charge in [-0.15, -0.1) is 0 Å². The molecule has 0 aliphatic rings. The van der Waals surface area contributed by atoms with Crippen LogP contribution in [0.3, 0.4) is 0 Å². The quantitative estimate of drug-likeness (QED) is 0.887. The van der Waals surface area contributed by atoms with E-state index in [1.54, 1.807) is 6.07 Å². The van der Waals surface area contributed by atoms with E-state index in [2.05, 4.69) is 0 Å². The predicted octanol–water partition coefficient (Wildman–Crippen LogP) is 2.79. The molecule has 0 amide bonds. The Bertz CT molecular complexity index is 445. The first kappa shape index (κ1) is 13.0. The molecule has 17 heavy (non-hydrogen) atoms. The fraction of sp³-hybridized carbons (Fsp3) is 0.273. The number of hydrogen-bond donors (Lipinski definition) is 1. The first-order valence-corrected chi connectivity index (χ1v) is 4.63. The second-order valence-electron chi connectivity index (χ2n) is 3.40. The number of alkyl halides is 3. The van der Waals surface area contributed by atoms with Crippen LogP contribution in [0.4, 0.5) is 13.2 Å². The zero-order valence-electron chi connectivity index (χ0n) is 8.53. The van der Waals surface area contributed by atoms with Gasteiger partial charge in [0, 0.05) is 0 Å². The zero-order valence-corrected chi connectivity index (χ0v) is 8.53. The number of nitrogens with zero attached hydrogens (tertiary/aromatic N) is 1. The molecule has 0 aromatic heterocycles. The lowest BCUT2D eigenvalue weighted by atomic mass is 9.96. The van der Waals surface area contributed by atoms with Gasteiger partial charge in [0.15, 0.2) is 0 Å². The van der Waals surface area contributed by atoms with Crippen LogP contribution in [0.25, 0.3) is 0 Å². The minimum Gasteiger partial charge on any atom is -0.481 e. The van der Waals surface area contributed by atoms with Gasteiger partial charge in [0.05, 0.1) is 24.0 Å². The number of carboxylic acids is 1. The van der Waals surface area contributed by atoms with Crippen molar-refractivity contribution in [2.75, 3.05) is 0 Å². The van der Waals surface area contributed by atoms with Crippen molar-refractivity contribution in [3.63, 3.8) is 0 Å². The molecule has 90 valence electrons. The summed E-state index contributed by atoms with van der Waals surface area (Å²) in [4.78, 5) is 10.4. The number of rotatable bonds is 3. The summed E-state index contributed by atoms with van der Waals surface area (Å²) in [5, 5.41) is 17.3. The number of aliphatic carboxylic acids is 1. The monoisotopic (exact) mass is 243 g/mol. The molecule has 3 nitrogen and oxygen atoms in total. The summed E-state index contributed by atoms with van der Waals surface area (Å²) in [5.74, 6) is -2.11. The molecule has 6 heteroatoms. The fourth-order valence-corrected chi connectivity index (χ4v) is 1.32. The number of nitriles is 1. The van der Waals surface area contributed by atoms with Gasteiger partial charge < -0.3 is 5.11 Å². The molecule has 0 aliphatic carbocycles. The van der Waals surface area contributed by atoms with Crippen molar-refractivity contribution in [2.24, 2.45) is 0 Å². The minimum atomic E-state index is -4.44. The van der Waals surface area contributed by atoms with Gasteiger partial charge in [-0.3, -0.25) is 4.79 Å². The molecule has 0 saturated heterocycles. The van der Waals surface area contributed by atoms with E-state index in [4.69, 9.17) is 10.4 Å². The lowest BCUT2D eigenvalue weighted by Crippen LogP contribution is -2.07. The van der Waals surface area contributed by atoms with Gasteiger partial charge in [-0.2, -0.15) is 18.4 Å². The summed E-state index contributed by atoms with van der Waals surface area (Å²) < 4.78 is 36.8. The van der Waals surface area contributed by atoms with Gasteiger partial charge in [0.25, 0.3) is 0 Å². The van der Waals surface area contributed by atoms with Crippen LogP contribution in [0, 0.1) is 11.3 Å². The molecule has 1 N–H and O–H groups in total. The van der Waals surface area contributed by atoms with Crippen molar-refractivity contribution >= 4 is 5.97 Å². The molecule has 0 bridgehead atoms. The molecule has 0 heterocycles. The summed E-state index contributed by atoms with van der Waals surface area (Å²) in [6.07, 6.45) is -4.87. The summed E-state index contributed by atoms with van der Waals surface area (Å²) in [7, 11) is 0. The van der Waals surface area contributed by atoms with Crippen LogP contribution < -0.4 is 0 Å². The van der Waals surface area contributed by atoms with Gasteiger partial charge in [0.1, 0.15) is 0 Å². The Hall–Kier alpha value is -2.03. The molecule has 1 aromatic rings. The van der Waals surface area contributed by atoms with E-state index in [1.807, 2.05) is 0 Å². The third-order valence-corrected chi connectivity index (χ3v) is 2.17. The standard InChI is InChI=1S/C11H8F3NO2/c12-11(13,14)9-3-1-7(2-4-9)8(6-15)5-10(16)17/h1-4,8H,5H2,(H,16,17). The highest BCUT2D eigenvalue weighted by molar-refractivity contribution is 5.68. The molecular formula is C11H8F3NO2. The minimum absolute atomic E-state index is 0.267. The van der Waals surface area contributed by atoms with Gasteiger partial charge in [-0.1, -0.05) is 12.1 Å². The number of halogens is 3. The lowest BCUT2D eigenvalue weighted by Gasteiger charge is -2.09. The van der Waals surface area contributed by atoms with E-state index in [1.165, 1.54) is 0 Å². The maximum absolute atomic E-state index is 12.3. The molecule has 1 rings (SSSR count). The number of benzene rings is 1. The Morgan fingerprint density at radius 3 is 2.24 bits per heavy atom. The molecule has 0 radical (unpaired) electrons. The highest BCUT2D eigenvalue weighted by atomic mass is 19.4. The predicted molar refractivity (Wildman–Crippen MR) is 52.1 cm³/mol. The van der Waals surface area contributed by atoms with E-state index in [0.29, 0.717) is 0 Å². The SMILES string of the molecule is N#CC(CC(=O)O)c1ccc(C(F)(F)F)cc1. The molecule has 0 aliphatic heterocycles. The topological polar surface area (TPSA) is 61.1 Å². The molecular weight excluding hydrogens is 235 g/mol. The second-order valence-corrected chi connectivity index (χ2v) is 3.40. The number of carbonyl (C=O) groups is 1. The highest BCUT2D eigenvalue weighted by Crippen LogP contribution is 2.30. The van der Waals surface area contributed by atoms with Crippen LogP contribution in [0.15, 0.2) is 24.3 Å². The van der Waals surface area contributed by atoms with Crippen LogP contribution in [0.1, 0.15) is 23.5 Å². The molecule has 0 spiro atoms. The Morgan fingerprint density at radius 2 is 1.88 bits per heavy atom. The average molecular weight is 243 g/mol. The van der Waals surface area contributed by atoms with Crippen molar-refractivity contribution in [3.05, 3.63) is 35.4 Å². The number of carboxylic acid groups (broad SMARTS) is 1. The Labute approximate surface area is 95.1 Å². The van der Waals surface area contributed by atoms with Crippen LogP contribution in [0.5, 0.6) is 0 Å². The van der Waals surface area contributed by atoms with Crippen molar-refractivity contribution < 1.29 is 23.1 Å². The summed E-state index contributed by atoms with van der Waals surface area (Å²) in [6.45, 7) is 0. The Kier molecular flexibility index (Phi) is 3.73. The summed E-state index contributed by atoms with van der Waals surface area (Å²) in [5.41, 5.74) is -0.559. The van der Waals surface area contributed by atoms with E-state index in [0.717, 1.165) is 24.3 Å². The van der Waals surface area contributed by atoms with Crippen LogP contribution in [-0.4, -0.2) is 11.1 Å². The van der Waals surface area contributed by atoms with Crippen molar-refractivity contribution in [2.45, 2.75) is 18.5 Å². The van der Waals surface area contributed by atoms with Crippen molar-refractivity contribution in [1.29, 1.82) is 5.26 Å². The maximum atomic E-state index is 12.3. The zero-order chi connectivity index (χ0) is 13.1. The van der Waals surface area contributed by atoms with E-state index in [-0.39, 0.29) is 5.56 Å². The molecule has 0 saturated carbocycles. The Morgan fingerprint density at radius 1 is 1.35 bits per heavy atom. The maximum Gasteiger partial charge on any atom is 0.416 e. The average Bonchev–Trinajstić information content (AvgIpc) is 2.24. The van der Waals surface area contributed by atoms with E-state index in [9.17, 15) is 18.0 Å². The first-order valence-electron chi connectivity index (χ1n) is 4.63. The Balaban J connectivity index is 2.94. The van der Waals surface area contributed by atoms with Gasteiger partial charge in [-0.25, -0.2) is 0 Å². The third-order valence-electron chi connectivity index (χ3n) is 2.17. The third kappa shape index (κ3) is 3.48. The molecule has 1 aromatic carbocycles. The number of hydrogen-bond acceptors (Lipinski definition) is 2. The normalized spacial score (nSPS) is 12.8. The summed E-state index contributed by atoms with van der Waals surface area (Å²) in [6, 6.07) is 5.66. The smallest absolute Gasteiger partial charge is 0.416 e. The highest BCUT2D eigenvalue weighted by Gasteiger charge is 2.30. The van der Waals surface area contributed by atoms with Crippen LogP contribution in [-0.2, 0) is 11.0 Å². The van der Waals surface area contributed by atoms with E-state index >= 15 is 0 Å².